The van der Waals surface area contributed by atoms with Crippen LogP contribution in [0.3, 0.4) is 0 Å². The third-order valence-electron chi connectivity index (χ3n) is 23.6. The molecule has 0 saturated carbocycles. The van der Waals surface area contributed by atoms with Gasteiger partial charge < -0.3 is 83.6 Å². The number of phenols is 8. The second kappa shape index (κ2) is 38.3. The van der Waals surface area contributed by atoms with E-state index in [0.717, 1.165) is 185 Å². The monoisotopic (exact) mass is 1630 g/mol. The number of benzene rings is 12. The minimum Gasteiger partial charge on any atom is -0.633 e. The fourth-order valence-electron chi connectivity index (χ4n) is 17.1. The summed E-state index contributed by atoms with van der Waals surface area (Å²) in [6.45, 7) is 17.2. The van der Waals surface area contributed by atoms with Gasteiger partial charge in [0.1, 0.15) is 89.6 Å². The van der Waals surface area contributed by atoms with Crippen molar-refractivity contribution in [1.29, 1.82) is 0 Å². The zero-order valence-corrected chi connectivity index (χ0v) is 69.6. The largest absolute Gasteiger partial charge is 0.633 e. The van der Waals surface area contributed by atoms with Crippen LogP contribution in [0, 0.1) is 32.9 Å². The highest BCUT2D eigenvalue weighted by Gasteiger charge is 2.24. The summed E-state index contributed by atoms with van der Waals surface area (Å²) in [4.78, 5) is 5.87. The standard InChI is InChI=1S/C37H40N2O3.C30H34N2O4.C22H19NO3.C15H13NO2/c1-28-35-25-34(42-27-30-9-5-4-6-10-30)19-20-36(35)39(37(28)31-13-15-32(40)16-14-31)26-29-11-17-33(18-12-29)41-24-23-38-21-7-2-3-8-22-38;1-22-28-20-26(34)12-15-29(28)31(30(22)24-8-10-25(33)11-9-24)21-23-6-13-27(14-7-23)36-19-18-32(35)16-4-2-3-5-17-32;1-14-20-12-19(26)10-11-21(20)23(13-15-2-6-17(24)7-3-15)22(14)16-4-8-18(25)9-5-16;1-9-13-8-12(18)6-7-14(13)16-15(9)10-2-4-11(17)5-3-10/h4-6,9-20,25,40H,2-3,7-8,21-24,26-27H2,1H3;6-15,20,33-34H,2-5,16-19,21H2,1H3;2-12,24-26H,13H2,1H3;2-8,16-18H,1H3. The number of aromatic amines is 1. The van der Waals surface area contributed by atoms with E-state index in [0.29, 0.717) is 45.9 Å². The first-order valence-electron chi connectivity index (χ1n) is 42.2. The maximum Gasteiger partial charge on any atom is 0.137 e. The highest BCUT2D eigenvalue weighted by atomic mass is 16.6. The number of hydroxylamine groups is 3. The van der Waals surface area contributed by atoms with Gasteiger partial charge in [0, 0.05) is 75.5 Å². The molecular weight excluding hydrogens is 1530 g/mol. The zero-order valence-electron chi connectivity index (χ0n) is 69.6. The Balaban J connectivity index is 0.000000131. The predicted octanol–water partition coefficient (Wildman–Crippen LogP) is 22.9. The lowest BCUT2D eigenvalue weighted by Crippen LogP contribution is -2.45. The van der Waals surface area contributed by atoms with Crippen molar-refractivity contribution in [3.05, 3.63) is 323 Å². The minimum atomic E-state index is -0.131. The molecule has 2 aliphatic heterocycles. The van der Waals surface area contributed by atoms with E-state index in [-0.39, 0.29) is 50.6 Å². The van der Waals surface area contributed by atoms with Crippen molar-refractivity contribution in [3.8, 4) is 108 Å². The molecule has 0 atom stereocenters. The Bertz CT molecular complexity index is 6180. The molecule has 2 aliphatic rings. The lowest BCUT2D eigenvalue weighted by atomic mass is 10.1. The van der Waals surface area contributed by atoms with Crippen LogP contribution in [0.25, 0.3) is 88.6 Å². The molecule has 12 aromatic carbocycles. The molecule has 2 fully saturated rings. The Hall–Kier alpha value is -13.5. The van der Waals surface area contributed by atoms with E-state index in [1.54, 1.807) is 97.1 Å². The van der Waals surface area contributed by atoms with Gasteiger partial charge in [-0.3, -0.25) is 4.90 Å². The number of aryl methyl sites for hydroxylation is 4. The molecule has 18 rings (SSSR count). The Kier molecular flexibility index (Phi) is 26.2. The summed E-state index contributed by atoms with van der Waals surface area (Å²) >= 11 is 0. The second-order valence-corrected chi connectivity index (χ2v) is 32.1. The van der Waals surface area contributed by atoms with E-state index in [9.17, 15) is 46.1 Å². The fraction of sp³-hybridized carbons (Fsp3) is 0.231. The summed E-state index contributed by atoms with van der Waals surface area (Å²) in [5, 5.41) is 94.8. The van der Waals surface area contributed by atoms with Crippen LogP contribution in [-0.2, 0) is 26.2 Å². The average molecular weight is 1630 g/mol. The number of nitrogens with one attached hydrogen (secondary N) is 1. The molecule has 0 radical (unpaired) electrons. The number of rotatable bonds is 21. The number of hydrogen-bond acceptors (Lipinski definition) is 13. The number of hydrogen-bond donors (Lipinski definition) is 9. The normalized spacial score (nSPS) is 13.5. The molecule has 16 aromatic rings. The highest BCUT2D eigenvalue weighted by Crippen LogP contribution is 2.42. The Labute approximate surface area is 711 Å². The van der Waals surface area contributed by atoms with Gasteiger partial charge in [-0.1, -0.05) is 79.6 Å². The van der Waals surface area contributed by atoms with Gasteiger partial charge >= 0.3 is 0 Å². The van der Waals surface area contributed by atoms with E-state index in [4.69, 9.17) is 14.2 Å². The van der Waals surface area contributed by atoms with Crippen LogP contribution in [-0.4, -0.2) is 122 Å². The summed E-state index contributed by atoms with van der Waals surface area (Å²) in [7, 11) is 0. The molecule has 6 heterocycles. The summed E-state index contributed by atoms with van der Waals surface area (Å²) in [5.74, 6) is 4.51. The van der Waals surface area contributed by atoms with Crippen LogP contribution in [0.4, 0.5) is 0 Å². The number of aromatic nitrogens is 4. The molecule has 18 nitrogen and oxygen atoms in total. The molecule has 0 aliphatic carbocycles. The van der Waals surface area contributed by atoms with Gasteiger partial charge in [-0.25, -0.2) is 0 Å². The fourth-order valence-corrected chi connectivity index (χ4v) is 17.1. The lowest BCUT2D eigenvalue weighted by Gasteiger charge is -2.41. The number of likely N-dealkylation sites (tertiary alicyclic amines) is 2. The SMILES string of the molecule is Cc1c(-c2ccc(O)cc2)[nH]c2ccc(O)cc12.Cc1c(-c2ccc(O)cc2)n(Cc2ccc(O)cc2)c2ccc(O)cc12.Cc1c(-c2ccc(O)cc2)n(Cc2ccc(OCCN3CCCCCC3)cc2)c2ccc(OCc3ccccc3)cc12.Cc1c(-c2ccc(O)cc2)n(Cc2ccc(OCC[N+]3([O-])CCCCCC3)cc2)c2ccc(O)cc12. The number of nitrogens with zero attached hydrogens (tertiary/aromatic N) is 5. The van der Waals surface area contributed by atoms with Crippen LogP contribution >= 0.6 is 0 Å². The molecule has 9 N–H and O–H groups in total. The molecule has 0 amide bonds. The van der Waals surface area contributed by atoms with Gasteiger partial charge in [0.25, 0.3) is 0 Å². The number of aromatic hydroxyl groups is 8. The molecule has 0 bridgehead atoms. The van der Waals surface area contributed by atoms with Crippen LogP contribution in [0.15, 0.2) is 273 Å². The third kappa shape index (κ3) is 20.1. The predicted molar refractivity (Wildman–Crippen MR) is 488 cm³/mol. The maximum atomic E-state index is 12.9. The molecule has 4 aromatic heterocycles. The van der Waals surface area contributed by atoms with Gasteiger partial charge in [-0.2, -0.15) is 0 Å². The molecule has 0 unspecified atom stereocenters. The Morgan fingerprint density at radius 2 is 0.689 bits per heavy atom. The molecule has 122 heavy (non-hydrogen) atoms. The van der Waals surface area contributed by atoms with Gasteiger partial charge in [-0.05, 0) is 352 Å². The van der Waals surface area contributed by atoms with Crippen molar-refractivity contribution >= 4 is 43.6 Å². The van der Waals surface area contributed by atoms with E-state index >= 15 is 0 Å². The van der Waals surface area contributed by atoms with Gasteiger partial charge in [0.05, 0.1) is 30.2 Å². The first-order valence-corrected chi connectivity index (χ1v) is 42.2. The number of fused-ring (bicyclic) bond motifs is 4. The smallest absolute Gasteiger partial charge is 0.137 e. The number of quaternary nitrogens is 1. The average Bonchev–Trinajstić information content (AvgIpc) is 1.61. The number of H-pyrrole nitrogens is 1. The van der Waals surface area contributed by atoms with E-state index in [2.05, 4.69) is 104 Å². The van der Waals surface area contributed by atoms with Crippen LogP contribution in [0.5, 0.6) is 63.2 Å². The molecule has 18 heteroatoms. The van der Waals surface area contributed by atoms with Crippen molar-refractivity contribution in [2.45, 2.75) is 105 Å². The van der Waals surface area contributed by atoms with Gasteiger partial charge in [-0.15, -0.1) is 0 Å². The number of ether oxygens (including phenoxy) is 3. The first kappa shape index (κ1) is 83.5. The summed E-state index contributed by atoms with van der Waals surface area (Å²) in [5.41, 5.74) is 21.5. The van der Waals surface area contributed by atoms with Crippen molar-refractivity contribution in [2.75, 3.05) is 52.5 Å². The van der Waals surface area contributed by atoms with Crippen LogP contribution in [0.2, 0.25) is 0 Å². The third-order valence-corrected chi connectivity index (χ3v) is 23.6. The molecule has 0 spiro atoms. The van der Waals surface area contributed by atoms with Gasteiger partial charge in [0.15, 0.2) is 0 Å². The molecule has 624 valence electrons. The molecular formula is C104H106N6O12. The van der Waals surface area contributed by atoms with Crippen LogP contribution < -0.4 is 14.2 Å². The minimum absolute atomic E-state index is 0.131. The topological polar surface area (TPSA) is 246 Å². The zero-order chi connectivity index (χ0) is 84.8. The van der Waals surface area contributed by atoms with Crippen molar-refractivity contribution in [1.82, 2.24) is 23.6 Å². The molecule has 2 saturated heterocycles. The first-order chi connectivity index (χ1) is 59.2. The van der Waals surface area contributed by atoms with E-state index in [1.165, 1.54) is 49.9 Å². The lowest BCUT2D eigenvalue weighted by molar-refractivity contribution is -0.879. The van der Waals surface area contributed by atoms with E-state index in [1.807, 2.05) is 123 Å². The van der Waals surface area contributed by atoms with Gasteiger partial charge in [0.2, 0.25) is 0 Å². The van der Waals surface area contributed by atoms with Crippen molar-refractivity contribution in [3.63, 3.8) is 0 Å². The summed E-state index contributed by atoms with van der Waals surface area (Å²) < 4.78 is 24.9. The quantitative estimate of drug-likeness (QED) is 0.0240. The highest BCUT2D eigenvalue weighted by molar-refractivity contribution is 5.96. The van der Waals surface area contributed by atoms with Crippen molar-refractivity contribution < 1.29 is 59.7 Å². The maximum absolute atomic E-state index is 12.9. The Morgan fingerprint density at radius 1 is 0.328 bits per heavy atom. The summed E-state index contributed by atoms with van der Waals surface area (Å²) in [6, 6.07) is 85.4. The Morgan fingerprint density at radius 3 is 1.14 bits per heavy atom. The second-order valence-electron chi connectivity index (χ2n) is 32.1. The van der Waals surface area contributed by atoms with E-state index < -0.39 is 0 Å². The summed E-state index contributed by atoms with van der Waals surface area (Å²) in [6.07, 6.45) is 9.66. The van der Waals surface area contributed by atoms with Crippen LogP contribution in [0.1, 0.15) is 95.9 Å². The van der Waals surface area contributed by atoms with Crippen molar-refractivity contribution in [2.24, 2.45) is 0 Å². The number of phenolic OH excluding ortho intramolecular Hbond substituents is 8.